The molecule has 0 heterocycles. The maximum atomic E-state index is 5.58. The smallest absolute Gasteiger partial charge is 0.494 e. The van der Waals surface area contributed by atoms with Crippen LogP contribution in [0.15, 0.2) is 12.3 Å². The molecule has 90 valence electrons. The highest BCUT2D eigenvalue weighted by Gasteiger charge is 2.48. The Bertz CT molecular complexity index is 172. The largest absolute Gasteiger partial charge is 0.543 e. The molecule has 5 heteroatoms. The van der Waals surface area contributed by atoms with Gasteiger partial charge >= 0.3 is 8.80 Å². The molecule has 0 saturated heterocycles. The lowest BCUT2D eigenvalue weighted by molar-refractivity contribution is 0.0495. The van der Waals surface area contributed by atoms with E-state index in [-0.39, 0.29) is 5.73 Å². The quantitative estimate of drug-likeness (QED) is 0.476. The summed E-state index contributed by atoms with van der Waals surface area (Å²) in [4.78, 5) is 0. The molecular weight excluding hydrogens is 212 g/mol. The van der Waals surface area contributed by atoms with E-state index in [2.05, 4.69) is 6.92 Å². The second kappa shape index (κ2) is 7.87. The summed E-state index contributed by atoms with van der Waals surface area (Å²) in [6.07, 6.45) is 5.36. The summed E-state index contributed by atoms with van der Waals surface area (Å²) in [6, 6.07) is 0. The highest BCUT2D eigenvalue weighted by atomic mass is 28.4. The summed E-state index contributed by atoms with van der Waals surface area (Å²) in [7, 11) is 2.11. The van der Waals surface area contributed by atoms with Crippen LogP contribution in [0.4, 0.5) is 0 Å². The monoisotopic (exact) mass is 234 g/mol. The van der Waals surface area contributed by atoms with E-state index in [1.54, 1.807) is 27.6 Å². The van der Waals surface area contributed by atoms with Crippen LogP contribution in [0.1, 0.15) is 26.7 Å². The zero-order chi connectivity index (χ0) is 11.7. The molecule has 0 amide bonds. The minimum Gasteiger partial charge on any atom is -0.494 e. The first-order chi connectivity index (χ1) is 7.20. The SMILES string of the molecule is CCC=COC(CC)[Si](OC)(OC)OC. The number of hydrogen-bond donors (Lipinski definition) is 0. The van der Waals surface area contributed by atoms with Crippen molar-refractivity contribution < 1.29 is 18.0 Å². The molecular formula is C10H22O4Si. The van der Waals surface area contributed by atoms with Crippen LogP contribution < -0.4 is 0 Å². The molecule has 0 aliphatic carbocycles. The van der Waals surface area contributed by atoms with Crippen molar-refractivity contribution >= 4 is 8.80 Å². The average Bonchev–Trinajstić information content (AvgIpc) is 2.29. The molecule has 15 heavy (non-hydrogen) atoms. The van der Waals surface area contributed by atoms with E-state index in [0.29, 0.717) is 0 Å². The van der Waals surface area contributed by atoms with Gasteiger partial charge in [-0.05, 0) is 12.8 Å². The molecule has 1 atom stereocenters. The van der Waals surface area contributed by atoms with Gasteiger partial charge in [-0.3, -0.25) is 0 Å². The molecule has 0 saturated carbocycles. The topological polar surface area (TPSA) is 36.9 Å². The molecule has 0 bridgehead atoms. The van der Waals surface area contributed by atoms with Crippen LogP contribution in [-0.4, -0.2) is 35.9 Å². The highest BCUT2D eigenvalue weighted by molar-refractivity contribution is 6.62. The standard InChI is InChI=1S/C10H22O4Si/c1-6-8-9-14-10(7-2)15(11-3,12-4)13-5/h8-10H,6-7H2,1-5H3. The summed E-state index contributed by atoms with van der Waals surface area (Å²) in [6.45, 7) is 4.07. The van der Waals surface area contributed by atoms with Crippen molar-refractivity contribution in [3.8, 4) is 0 Å². The molecule has 0 N–H and O–H groups in total. The number of hydrogen-bond acceptors (Lipinski definition) is 4. The van der Waals surface area contributed by atoms with E-state index in [1.165, 1.54) is 0 Å². The first-order valence-corrected chi connectivity index (χ1v) is 6.96. The number of rotatable bonds is 8. The first kappa shape index (κ1) is 14.6. The Balaban J connectivity index is 4.51. The Kier molecular flexibility index (Phi) is 7.68. The molecule has 0 radical (unpaired) electrons. The minimum absolute atomic E-state index is 0.153. The lowest BCUT2D eigenvalue weighted by Crippen LogP contribution is -2.54. The van der Waals surface area contributed by atoms with Gasteiger partial charge in [0.05, 0.1) is 6.26 Å². The molecule has 0 aromatic rings. The Morgan fingerprint density at radius 3 is 1.93 bits per heavy atom. The average molecular weight is 234 g/mol. The number of ether oxygens (including phenoxy) is 1. The normalized spacial score (nSPS) is 14.5. The molecule has 0 aliphatic rings. The third-order valence-corrected chi connectivity index (χ3v) is 5.23. The van der Waals surface area contributed by atoms with Crippen molar-refractivity contribution in [3.63, 3.8) is 0 Å². The van der Waals surface area contributed by atoms with Gasteiger partial charge in [0.25, 0.3) is 0 Å². The molecule has 0 rings (SSSR count). The fraction of sp³-hybridized carbons (Fsp3) is 0.800. The van der Waals surface area contributed by atoms with E-state index < -0.39 is 8.80 Å². The van der Waals surface area contributed by atoms with Crippen LogP contribution in [0.5, 0.6) is 0 Å². The summed E-state index contributed by atoms with van der Waals surface area (Å²) in [5, 5.41) is 0. The second-order valence-electron chi connectivity index (χ2n) is 3.03. The maximum absolute atomic E-state index is 5.58. The van der Waals surface area contributed by atoms with Crippen molar-refractivity contribution in [3.05, 3.63) is 12.3 Å². The van der Waals surface area contributed by atoms with E-state index >= 15 is 0 Å². The van der Waals surface area contributed by atoms with Crippen LogP contribution in [0.3, 0.4) is 0 Å². The van der Waals surface area contributed by atoms with Gasteiger partial charge in [0.15, 0.2) is 5.73 Å². The predicted octanol–water partition coefficient (Wildman–Crippen LogP) is 2.12. The Labute approximate surface area is 93.5 Å². The summed E-state index contributed by atoms with van der Waals surface area (Å²) < 4.78 is 21.6. The van der Waals surface area contributed by atoms with Gasteiger partial charge in [0, 0.05) is 21.3 Å². The van der Waals surface area contributed by atoms with Crippen LogP contribution in [0.25, 0.3) is 0 Å². The fourth-order valence-electron chi connectivity index (χ4n) is 1.32. The van der Waals surface area contributed by atoms with Gasteiger partial charge < -0.3 is 18.0 Å². The van der Waals surface area contributed by atoms with Crippen LogP contribution in [0, 0.1) is 0 Å². The maximum Gasteiger partial charge on any atom is 0.543 e. The van der Waals surface area contributed by atoms with Crippen molar-refractivity contribution in [2.75, 3.05) is 21.3 Å². The third-order valence-electron chi connectivity index (χ3n) is 2.19. The van der Waals surface area contributed by atoms with E-state index in [0.717, 1.165) is 12.8 Å². The zero-order valence-electron chi connectivity index (χ0n) is 10.3. The van der Waals surface area contributed by atoms with Crippen molar-refractivity contribution in [1.29, 1.82) is 0 Å². The number of allylic oxidation sites excluding steroid dienone is 1. The molecule has 0 spiro atoms. The summed E-state index contributed by atoms with van der Waals surface area (Å²) in [5.74, 6) is 0. The van der Waals surface area contributed by atoms with Crippen LogP contribution in [-0.2, 0) is 18.0 Å². The van der Waals surface area contributed by atoms with Crippen molar-refractivity contribution in [1.82, 2.24) is 0 Å². The van der Waals surface area contributed by atoms with E-state index in [4.69, 9.17) is 18.0 Å². The van der Waals surface area contributed by atoms with Crippen molar-refractivity contribution in [2.45, 2.75) is 32.4 Å². The zero-order valence-corrected chi connectivity index (χ0v) is 11.3. The molecule has 0 aromatic heterocycles. The molecule has 0 aliphatic heterocycles. The highest BCUT2D eigenvalue weighted by Crippen LogP contribution is 2.18. The summed E-state index contributed by atoms with van der Waals surface area (Å²) >= 11 is 0. The molecule has 0 fully saturated rings. The van der Waals surface area contributed by atoms with Crippen LogP contribution >= 0.6 is 0 Å². The third kappa shape index (κ3) is 3.94. The van der Waals surface area contributed by atoms with Crippen LogP contribution in [0.2, 0.25) is 0 Å². The van der Waals surface area contributed by atoms with E-state index in [1.807, 2.05) is 13.0 Å². The van der Waals surface area contributed by atoms with Gasteiger partial charge in [0.2, 0.25) is 0 Å². The molecule has 0 aromatic carbocycles. The van der Waals surface area contributed by atoms with Gasteiger partial charge in [-0.1, -0.05) is 19.9 Å². The Morgan fingerprint density at radius 2 is 1.60 bits per heavy atom. The molecule has 4 nitrogen and oxygen atoms in total. The first-order valence-electron chi connectivity index (χ1n) is 5.16. The predicted molar refractivity (Wildman–Crippen MR) is 61.4 cm³/mol. The Hall–Kier alpha value is -0.363. The van der Waals surface area contributed by atoms with Gasteiger partial charge in [0.1, 0.15) is 0 Å². The molecule has 1 unspecified atom stereocenters. The fourth-order valence-corrected chi connectivity index (χ4v) is 3.35. The minimum atomic E-state index is -2.67. The lowest BCUT2D eigenvalue weighted by atomic mass is 10.5. The van der Waals surface area contributed by atoms with Crippen molar-refractivity contribution in [2.24, 2.45) is 0 Å². The Morgan fingerprint density at radius 1 is 1.07 bits per heavy atom. The van der Waals surface area contributed by atoms with E-state index in [9.17, 15) is 0 Å². The lowest BCUT2D eigenvalue weighted by Gasteiger charge is -2.30. The van der Waals surface area contributed by atoms with Gasteiger partial charge in [-0.2, -0.15) is 0 Å². The second-order valence-corrected chi connectivity index (χ2v) is 6.10. The summed E-state index contributed by atoms with van der Waals surface area (Å²) in [5.41, 5.74) is -0.153. The van der Waals surface area contributed by atoms with Gasteiger partial charge in [-0.15, -0.1) is 0 Å². The van der Waals surface area contributed by atoms with Gasteiger partial charge in [-0.25, -0.2) is 0 Å².